The summed E-state index contributed by atoms with van der Waals surface area (Å²) in [6.07, 6.45) is 0. The van der Waals surface area contributed by atoms with Crippen LogP contribution < -0.4 is 5.32 Å². The molecule has 0 bridgehead atoms. The molecule has 0 spiro atoms. The van der Waals surface area contributed by atoms with Crippen molar-refractivity contribution < 1.29 is 9.31 Å². The zero-order chi connectivity index (χ0) is 15.5. The molecule has 5 heteroatoms. The standard InChI is InChI=1S/C16H17FN2O2/c1-16(2,12-6-4-3-5-7-12)11-18-14-8-13(17)9-15(10-14)19(20)21/h3-10,18H,11H2,1-2H3. The molecule has 21 heavy (non-hydrogen) atoms. The second kappa shape index (κ2) is 5.91. The highest BCUT2D eigenvalue weighted by Gasteiger charge is 2.20. The summed E-state index contributed by atoms with van der Waals surface area (Å²) in [6.45, 7) is 4.66. The number of rotatable bonds is 5. The van der Waals surface area contributed by atoms with E-state index < -0.39 is 10.7 Å². The van der Waals surface area contributed by atoms with E-state index in [9.17, 15) is 14.5 Å². The van der Waals surface area contributed by atoms with E-state index in [0.717, 1.165) is 11.6 Å². The molecule has 0 radical (unpaired) electrons. The van der Waals surface area contributed by atoms with Crippen molar-refractivity contribution in [3.63, 3.8) is 0 Å². The molecule has 0 aromatic heterocycles. The second-order valence-electron chi connectivity index (χ2n) is 5.56. The van der Waals surface area contributed by atoms with Gasteiger partial charge in [-0.2, -0.15) is 0 Å². The topological polar surface area (TPSA) is 55.2 Å². The van der Waals surface area contributed by atoms with Gasteiger partial charge in [-0.1, -0.05) is 44.2 Å². The molecule has 0 heterocycles. The summed E-state index contributed by atoms with van der Waals surface area (Å²) in [5.74, 6) is -0.621. The number of nitro groups is 1. The number of non-ortho nitro benzene ring substituents is 1. The number of hydrogen-bond donors (Lipinski definition) is 1. The third kappa shape index (κ3) is 3.78. The third-order valence-electron chi connectivity index (χ3n) is 3.38. The van der Waals surface area contributed by atoms with Gasteiger partial charge in [-0.3, -0.25) is 10.1 Å². The van der Waals surface area contributed by atoms with E-state index in [1.54, 1.807) is 0 Å². The van der Waals surface area contributed by atoms with Crippen molar-refractivity contribution in [3.05, 3.63) is 70.0 Å². The number of nitrogens with one attached hydrogen (secondary N) is 1. The van der Waals surface area contributed by atoms with E-state index in [-0.39, 0.29) is 11.1 Å². The zero-order valence-electron chi connectivity index (χ0n) is 12.0. The van der Waals surface area contributed by atoms with Gasteiger partial charge in [-0.15, -0.1) is 0 Å². The molecule has 0 aliphatic rings. The van der Waals surface area contributed by atoms with Crippen LogP contribution in [0.25, 0.3) is 0 Å². The minimum Gasteiger partial charge on any atom is -0.384 e. The predicted molar refractivity (Wildman–Crippen MR) is 81.0 cm³/mol. The number of nitrogens with zero attached hydrogens (tertiary/aromatic N) is 1. The van der Waals surface area contributed by atoms with Gasteiger partial charge in [-0.25, -0.2) is 4.39 Å². The summed E-state index contributed by atoms with van der Waals surface area (Å²) in [6, 6.07) is 13.4. The lowest BCUT2D eigenvalue weighted by atomic mass is 9.84. The van der Waals surface area contributed by atoms with Crippen LogP contribution in [0, 0.1) is 15.9 Å². The maximum absolute atomic E-state index is 13.4. The first kappa shape index (κ1) is 15.0. The first-order chi connectivity index (χ1) is 9.88. The summed E-state index contributed by atoms with van der Waals surface area (Å²) in [4.78, 5) is 10.1. The molecule has 2 aromatic carbocycles. The van der Waals surface area contributed by atoms with E-state index in [1.807, 2.05) is 30.3 Å². The molecule has 0 amide bonds. The van der Waals surface area contributed by atoms with Crippen molar-refractivity contribution in [2.45, 2.75) is 19.3 Å². The highest BCUT2D eigenvalue weighted by Crippen LogP contribution is 2.25. The van der Waals surface area contributed by atoms with Crippen LogP contribution in [-0.2, 0) is 5.41 Å². The zero-order valence-corrected chi connectivity index (χ0v) is 12.0. The van der Waals surface area contributed by atoms with Gasteiger partial charge in [0, 0.05) is 23.7 Å². The fourth-order valence-electron chi connectivity index (χ4n) is 2.10. The van der Waals surface area contributed by atoms with Gasteiger partial charge < -0.3 is 5.32 Å². The smallest absolute Gasteiger partial charge is 0.274 e. The summed E-state index contributed by atoms with van der Waals surface area (Å²) >= 11 is 0. The first-order valence-electron chi connectivity index (χ1n) is 6.63. The van der Waals surface area contributed by atoms with E-state index in [0.29, 0.717) is 12.2 Å². The van der Waals surface area contributed by atoms with Crippen molar-refractivity contribution in [2.24, 2.45) is 0 Å². The normalized spacial score (nSPS) is 11.2. The largest absolute Gasteiger partial charge is 0.384 e. The number of anilines is 1. The molecule has 2 aromatic rings. The van der Waals surface area contributed by atoms with Crippen LogP contribution in [-0.4, -0.2) is 11.5 Å². The van der Waals surface area contributed by atoms with Crippen LogP contribution in [0.15, 0.2) is 48.5 Å². The van der Waals surface area contributed by atoms with Crippen LogP contribution in [0.2, 0.25) is 0 Å². The lowest BCUT2D eigenvalue weighted by molar-refractivity contribution is -0.385. The molecule has 0 saturated carbocycles. The summed E-state index contributed by atoms with van der Waals surface area (Å²) in [7, 11) is 0. The molecule has 0 aliphatic carbocycles. The molecule has 110 valence electrons. The molecule has 0 unspecified atom stereocenters. The Morgan fingerprint density at radius 1 is 1.19 bits per heavy atom. The summed E-state index contributed by atoms with van der Waals surface area (Å²) in [5.41, 5.74) is 1.12. The van der Waals surface area contributed by atoms with Crippen LogP contribution in [0.1, 0.15) is 19.4 Å². The molecule has 0 aliphatic heterocycles. The maximum atomic E-state index is 13.4. The Bertz CT molecular complexity index is 642. The van der Waals surface area contributed by atoms with Crippen LogP contribution >= 0.6 is 0 Å². The number of benzene rings is 2. The predicted octanol–water partition coefficient (Wildman–Crippen LogP) is 4.12. The maximum Gasteiger partial charge on any atom is 0.274 e. The Morgan fingerprint density at radius 2 is 1.86 bits per heavy atom. The Morgan fingerprint density at radius 3 is 2.48 bits per heavy atom. The average molecular weight is 288 g/mol. The Kier molecular flexibility index (Phi) is 4.21. The minimum atomic E-state index is -0.621. The van der Waals surface area contributed by atoms with Gasteiger partial charge in [-0.05, 0) is 11.6 Å². The Labute approximate surface area is 122 Å². The van der Waals surface area contributed by atoms with Gasteiger partial charge in [0.2, 0.25) is 0 Å². The molecular weight excluding hydrogens is 271 g/mol. The Balaban J connectivity index is 2.14. The Hall–Kier alpha value is -2.43. The van der Waals surface area contributed by atoms with E-state index in [2.05, 4.69) is 19.2 Å². The monoisotopic (exact) mass is 288 g/mol. The lowest BCUT2D eigenvalue weighted by Gasteiger charge is -2.26. The molecule has 0 saturated heterocycles. The summed E-state index contributed by atoms with van der Waals surface area (Å²) < 4.78 is 13.4. The van der Waals surface area contributed by atoms with Gasteiger partial charge in [0.15, 0.2) is 0 Å². The molecule has 1 N–H and O–H groups in total. The van der Waals surface area contributed by atoms with Crippen molar-refractivity contribution in [3.8, 4) is 0 Å². The number of hydrogen-bond acceptors (Lipinski definition) is 3. The van der Waals surface area contributed by atoms with Crippen molar-refractivity contribution >= 4 is 11.4 Å². The fourth-order valence-corrected chi connectivity index (χ4v) is 2.10. The molecule has 0 fully saturated rings. The van der Waals surface area contributed by atoms with Crippen molar-refractivity contribution in [2.75, 3.05) is 11.9 Å². The SMILES string of the molecule is CC(C)(CNc1cc(F)cc([N+](=O)[O-])c1)c1ccccc1. The van der Waals surface area contributed by atoms with Crippen LogP contribution in [0.3, 0.4) is 0 Å². The average Bonchev–Trinajstić information content (AvgIpc) is 2.45. The lowest BCUT2D eigenvalue weighted by Crippen LogP contribution is -2.27. The molecule has 4 nitrogen and oxygen atoms in total. The van der Waals surface area contributed by atoms with Gasteiger partial charge in [0.05, 0.1) is 11.0 Å². The van der Waals surface area contributed by atoms with Gasteiger partial charge in [0.25, 0.3) is 5.69 Å². The fraction of sp³-hybridized carbons (Fsp3) is 0.250. The summed E-state index contributed by atoms with van der Waals surface area (Å²) in [5, 5.41) is 13.8. The first-order valence-corrected chi connectivity index (χ1v) is 6.63. The number of halogens is 1. The molecule has 0 atom stereocenters. The van der Waals surface area contributed by atoms with Crippen LogP contribution in [0.5, 0.6) is 0 Å². The van der Waals surface area contributed by atoms with Gasteiger partial charge >= 0.3 is 0 Å². The van der Waals surface area contributed by atoms with E-state index in [1.165, 1.54) is 12.1 Å². The van der Waals surface area contributed by atoms with Gasteiger partial charge in [0.1, 0.15) is 5.82 Å². The highest BCUT2D eigenvalue weighted by molar-refractivity contribution is 5.52. The second-order valence-corrected chi connectivity index (χ2v) is 5.56. The van der Waals surface area contributed by atoms with E-state index in [4.69, 9.17) is 0 Å². The van der Waals surface area contributed by atoms with Crippen molar-refractivity contribution in [1.82, 2.24) is 0 Å². The molecule has 2 rings (SSSR count). The van der Waals surface area contributed by atoms with E-state index >= 15 is 0 Å². The third-order valence-corrected chi connectivity index (χ3v) is 3.38. The molecular formula is C16H17FN2O2. The minimum absolute atomic E-state index is 0.178. The van der Waals surface area contributed by atoms with Crippen molar-refractivity contribution in [1.29, 1.82) is 0 Å². The quantitative estimate of drug-likeness (QED) is 0.665. The highest BCUT2D eigenvalue weighted by atomic mass is 19.1. The van der Waals surface area contributed by atoms with Crippen LogP contribution in [0.4, 0.5) is 15.8 Å². The number of nitro benzene ring substituents is 1.